The van der Waals surface area contributed by atoms with Crippen LogP contribution in [0.3, 0.4) is 0 Å². The first-order valence-electron chi connectivity index (χ1n) is 14.3. The second-order valence-corrected chi connectivity index (χ2v) is 11.9. The summed E-state index contributed by atoms with van der Waals surface area (Å²) < 4.78 is 1.72. The van der Waals surface area contributed by atoms with E-state index in [1.807, 2.05) is 12.1 Å². The van der Waals surface area contributed by atoms with Crippen LogP contribution in [-0.4, -0.2) is 67.0 Å². The first kappa shape index (κ1) is 26.0. The summed E-state index contributed by atoms with van der Waals surface area (Å²) in [7, 11) is 0. The van der Waals surface area contributed by atoms with Crippen LogP contribution in [0.1, 0.15) is 82.4 Å². The highest BCUT2D eigenvalue weighted by Gasteiger charge is 2.47. The van der Waals surface area contributed by atoms with E-state index in [1.165, 1.54) is 44.9 Å². The number of oxime groups is 1. The number of piperidine rings is 1. The lowest BCUT2D eigenvalue weighted by Crippen LogP contribution is -2.52. The molecule has 3 heterocycles. The largest absolute Gasteiger partial charge is 0.479 e. The summed E-state index contributed by atoms with van der Waals surface area (Å²) in [5.41, 5.74) is -0.395. The summed E-state index contributed by atoms with van der Waals surface area (Å²) in [4.78, 5) is 48.6. The first-order valence-corrected chi connectivity index (χ1v) is 14.3. The maximum atomic E-state index is 13.9. The van der Waals surface area contributed by atoms with Gasteiger partial charge in [0.2, 0.25) is 12.3 Å². The van der Waals surface area contributed by atoms with Crippen LogP contribution in [0.25, 0.3) is 11.0 Å². The van der Waals surface area contributed by atoms with Crippen molar-refractivity contribution in [3.8, 4) is 0 Å². The third-order valence-electron chi connectivity index (χ3n) is 9.47. The van der Waals surface area contributed by atoms with Crippen LogP contribution >= 0.6 is 0 Å². The van der Waals surface area contributed by atoms with Crippen molar-refractivity contribution in [1.29, 1.82) is 0 Å². The van der Waals surface area contributed by atoms with E-state index in [0.717, 1.165) is 37.5 Å². The van der Waals surface area contributed by atoms with Crippen LogP contribution in [0.5, 0.6) is 0 Å². The molecule has 2 aromatic rings. The number of hydrogen-bond acceptors (Lipinski definition) is 7. The van der Waals surface area contributed by atoms with Crippen LogP contribution < -0.4 is 5.56 Å². The highest BCUT2D eigenvalue weighted by Crippen LogP contribution is 2.47. The van der Waals surface area contributed by atoms with Crippen LogP contribution in [-0.2, 0) is 14.4 Å². The van der Waals surface area contributed by atoms with Crippen molar-refractivity contribution >= 4 is 28.7 Å². The smallest absolute Gasteiger partial charge is 0.360 e. The highest BCUT2D eigenvalue weighted by molar-refractivity contribution is 6.41. The lowest BCUT2D eigenvalue weighted by molar-refractivity contribution is -0.142. The summed E-state index contributed by atoms with van der Waals surface area (Å²) in [5.74, 6) is -1.10. The quantitative estimate of drug-likeness (QED) is 0.403. The van der Waals surface area contributed by atoms with Gasteiger partial charge in [0.15, 0.2) is 5.69 Å². The van der Waals surface area contributed by atoms with Gasteiger partial charge in [0.1, 0.15) is 0 Å². The number of fused-ring (bicyclic) bond motifs is 5. The average Bonchev–Trinajstić information content (AvgIpc) is 3.06. The Hall–Kier alpha value is -3.27. The van der Waals surface area contributed by atoms with Crippen molar-refractivity contribution in [3.63, 3.8) is 0 Å². The number of nitrogens with zero attached hydrogens (tertiary/aromatic N) is 4. The van der Waals surface area contributed by atoms with Gasteiger partial charge in [-0.3, -0.25) is 9.69 Å². The number of benzene rings is 1. The average molecular weight is 537 g/mol. The second-order valence-electron chi connectivity index (χ2n) is 11.9. The standard InChI is InChI=1S/C29H36N4O6/c34-25(35)16-39-31-27(29(37)38)26-28(36)33(24-8-4-3-7-23(24)30-26)22-14-19-9-10-20(15-22)32(19)21-12-17-5-1-2-6-18(11-17)13-21/h3-4,7-8,17-22H,1-2,5-6,9-16H2,(H,34,35)(H,37,38)/b31-27-/t17-,18-,19-,20+,22?/m0/s1. The molecule has 4 aliphatic rings. The van der Waals surface area contributed by atoms with E-state index in [-0.39, 0.29) is 11.7 Å². The molecule has 5 atom stereocenters. The molecule has 0 spiro atoms. The van der Waals surface area contributed by atoms with Gasteiger partial charge in [0.25, 0.3) is 5.56 Å². The molecule has 2 saturated carbocycles. The molecule has 4 fully saturated rings. The highest BCUT2D eigenvalue weighted by atomic mass is 16.6. The molecule has 10 heteroatoms. The van der Waals surface area contributed by atoms with E-state index >= 15 is 0 Å². The molecule has 39 heavy (non-hydrogen) atoms. The number of carboxylic acids is 2. The third-order valence-corrected chi connectivity index (χ3v) is 9.47. The zero-order chi connectivity index (χ0) is 27.1. The molecule has 1 aromatic heterocycles. The Balaban J connectivity index is 1.33. The number of hydrogen-bond donors (Lipinski definition) is 2. The molecule has 2 aliphatic carbocycles. The Morgan fingerprint density at radius 1 is 0.897 bits per heavy atom. The second kappa shape index (κ2) is 10.7. The molecular formula is C29H36N4O6. The Morgan fingerprint density at radius 3 is 2.21 bits per heavy atom. The zero-order valence-corrected chi connectivity index (χ0v) is 22.1. The van der Waals surface area contributed by atoms with E-state index in [4.69, 9.17) is 9.94 Å². The zero-order valence-electron chi connectivity index (χ0n) is 22.1. The molecule has 2 N–H and O–H groups in total. The molecule has 1 unspecified atom stereocenters. The van der Waals surface area contributed by atoms with Crippen LogP contribution in [0.15, 0.2) is 34.2 Å². The summed E-state index contributed by atoms with van der Waals surface area (Å²) in [6.07, 6.45) is 13.4. The molecule has 0 radical (unpaired) electrons. The topological polar surface area (TPSA) is 134 Å². The van der Waals surface area contributed by atoms with E-state index in [1.54, 1.807) is 16.7 Å². The molecule has 2 saturated heterocycles. The predicted octanol–water partition coefficient (Wildman–Crippen LogP) is 3.81. The Bertz CT molecular complexity index is 1330. The number of rotatable bonds is 7. The Labute approximate surface area is 226 Å². The predicted molar refractivity (Wildman–Crippen MR) is 144 cm³/mol. The lowest BCUT2D eigenvalue weighted by atomic mass is 9.76. The van der Waals surface area contributed by atoms with E-state index in [2.05, 4.69) is 15.0 Å². The molecule has 6 rings (SSSR count). The van der Waals surface area contributed by atoms with Gasteiger partial charge < -0.3 is 19.6 Å². The third kappa shape index (κ3) is 5.06. The number of carboxylic acid groups (broad SMARTS) is 2. The Kier molecular flexibility index (Phi) is 7.14. The summed E-state index contributed by atoms with van der Waals surface area (Å²) in [6, 6.07) is 8.62. The molecule has 10 nitrogen and oxygen atoms in total. The van der Waals surface area contributed by atoms with Gasteiger partial charge in [0.05, 0.1) is 11.0 Å². The normalized spacial score (nSPS) is 31.1. The van der Waals surface area contributed by atoms with Crippen molar-refractivity contribution in [2.75, 3.05) is 6.61 Å². The fraction of sp³-hybridized carbons (Fsp3) is 0.621. The minimum atomic E-state index is -1.50. The van der Waals surface area contributed by atoms with Crippen molar-refractivity contribution in [1.82, 2.24) is 14.5 Å². The minimum Gasteiger partial charge on any atom is -0.479 e. The number of carbonyl (C=O) groups is 2. The summed E-state index contributed by atoms with van der Waals surface area (Å²) >= 11 is 0. The van der Waals surface area contributed by atoms with Crippen molar-refractivity contribution in [2.45, 2.75) is 94.8 Å². The van der Waals surface area contributed by atoms with Gasteiger partial charge in [0, 0.05) is 24.2 Å². The molecular weight excluding hydrogens is 500 g/mol. The lowest BCUT2D eigenvalue weighted by Gasteiger charge is -2.48. The number of para-hydroxylation sites is 2. The first-order chi connectivity index (χ1) is 18.9. The van der Waals surface area contributed by atoms with Gasteiger partial charge >= 0.3 is 11.9 Å². The van der Waals surface area contributed by atoms with Crippen molar-refractivity contribution in [2.24, 2.45) is 17.0 Å². The molecule has 2 aliphatic heterocycles. The van der Waals surface area contributed by atoms with Gasteiger partial charge in [-0.25, -0.2) is 14.6 Å². The van der Waals surface area contributed by atoms with Crippen LogP contribution in [0.2, 0.25) is 0 Å². The maximum absolute atomic E-state index is 13.9. The van der Waals surface area contributed by atoms with Gasteiger partial charge in [-0.1, -0.05) is 43.0 Å². The summed E-state index contributed by atoms with van der Waals surface area (Å²) in [6.45, 7) is -0.816. The molecule has 0 amide bonds. The van der Waals surface area contributed by atoms with E-state index in [0.29, 0.717) is 29.2 Å². The van der Waals surface area contributed by atoms with Gasteiger partial charge in [-0.05, 0) is 68.9 Å². The van der Waals surface area contributed by atoms with Crippen LogP contribution in [0, 0.1) is 11.8 Å². The maximum Gasteiger partial charge on any atom is 0.360 e. The van der Waals surface area contributed by atoms with E-state index < -0.39 is 29.8 Å². The molecule has 4 bridgehead atoms. The van der Waals surface area contributed by atoms with Crippen LogP contribution in [0.4, 0.5) is 0 Å². The van der Waals surface area contributed by atoms with Crippen molar-refractivity contribution < 1.29 is 24.6 Å². The number of aromatic nitrogens is 2. The van der Waals surface area contributed by atoms with Gasteiger partial charge in [-0.2, -0.15) is 0 Å². The SMILES string of the molecule is O=C(O)CO/N=C(\C(=O)O)c1nc2ccccc2n(C2C[C@H]3CC[C@@H](C2)N3C2C[C@H]3CCCC[C@H](C2)C3)c1=O. The fourth-order valence-electron chi connectivity index (χ4n) is 8.11. The minimum absolute atomic E-state index is 0.0845. The van der Waals surface area contributed by atoms with Gasteiger partial charge in [-0.15, -0.1) is 0 Å². The molecule has 208 valence electrons. The number of aliphatic carboxylic acids is 2. The fourth-order valence-corrected chi connectivity index (χ4v) is 8.11. The monoisotopic (exact) mass is 536 g/mol. The van der Waals surface area contributed by atoms with Crippen molar-refractivity contribution in [3.05, 3.63) is 40.3 Å². The molecule has 1 aromatic carbocycles. The van der Waals surface area contributed by atoms with E-state index in [9.17, 15) is 19.5 Å². The Morgan fingerprint density at radius 2 is 1.56 bits per heavy atom. The summed E-state index contributed by atoms with van der Waals surface area (Å²) in [5, 5.41) is 22.1.